The molecule has 0 aromatic heterocycles. The Bertz CT molecular complexity index is 550. The molecule has 1 unspecified atom stereocenters. The lowest BCUT2D eigenvalue weighted by atomic mass is 10.1. The molecule has 1 atom stereocenters. The number of guanidine groups is 1. The van der Waals surface area contributed by atoms with Crippen molar-refractivity contribution in [3.63, 3.8) is 0 Å². The summed E-state index contributed by atoms with van der Waals surface area (Å²) >= 11 is 0. The van der Waals surface area contributed by atoms with Crippen molar-refractivity contribution in [1.82, 2.24) is 15.5 Å². The van der Waals surface area contributed by atoms with E-state index in [0.29, 0.717) is 13.1 Å². The maximum absolute atomic E-state index is 5.94. The highest BCUT2D eigenvalue weighted by Crippen LogP contribution is 2.19. The van der Waals surface area contributed by atoms with Gasteiger partial charge < -0.3 is 25.0 Å². The standard InChI is InChI=1S/C19H34N4O2.HI/c1-8-20-18(22-14-19(3,4)23(5)6)21-13-15(2)25-17-11-9-10-16(12-17)24-7;/h9-12,15H,8,13-14H2,1-7H3,(H2,20,21,22);1H. The maximum atomic E-state index is 5.94. The molecule has 1 aromatic rings. The van der Waals surface area contributed by atoms with Crippen molar-refractivity contribution in [2.45, 2.75) is 39.3 Å². The van der Waals surface area contributed by atoms with Gasteiger partial charge in [0.05, 0.1) is 20.2 Å². The first-order valence-electron chi connectivity index (χ1n) is 8.78. The van der Waals surface area contributed by atoms with Gasteiger partial charge in [0.1, 0.15) is 17.6 Å². The molecule has 2 N–H and O–H groups in total. The van der Waals surface area contributed by atoms with Crippen LogP contribution in [0, 0.1) is 0 Å². The molecule has 0 aliphatic carbocycles. The molecule has 0 radical (unpaired) electrons. The molecule has 0 heterocycles. The third-order valence-corrected chi connectivity index (χ3v) is 4.11. The molecule has 0 bridgehead atoms. The SMILES string of the molecule is CCNC(=NCC(C)(C)N(C)C)NCC(C)Oc1cccc(OC)c1.I. The van der Waals surface area contributed by atoms with Gasteiger partial charge in [-0.05, 0) is 53.9 Å². The quantitative estimate of drug-likeness (QED) is 0.325. The topological polar surface area (TPSA) is 58.1 Å². The number of benzene rings is 1. The average Bonchev–Trinajstić information content (AvgIpc) is 2.57. The van der Waals surface area contributed by atoms with Gasteiger partial charge in [0.2, 0.25) is 0 Å². The van der Waals surface area contributed by atoms with Crippen molar-refractivity contribution in [2.75, 3.05) is 40.8 Å². The van der Waals surface area contributed by atoms with Crippen molar-refractivity contribution < 1.29 is 9.47 Å². The van der Waals surface area contributed by atoms with E-state index < -0.39 is 0 Å². The van der Waals surface area contributed by atoms with Crippen LogP contribution in [-0.2, 0) is 0 Å². The smallest absolute Gasteiger partial charge is 0.191 e. The van der Waals surface area contributed by atoms with Crippen molar-refractivity contribution >= 4 is 29.9 Å². The first kappa shape index (κ1) is 24.8. The molecule has 0 amide bonds. The third kappa shape index (κ3) is 8.93. The van der Waals surface area contributed by atoms with Crippen LogP contribution in [0.3, 0.4) is 0 Å². The highest BCUT2D eigenvalue weighted by molar-refractivity contribution is 14.0. The molecular formula is C19H35IN4O2. The number of ether oxygens (including phenoxy) is 2. The van der Waals surface area contributed by atoms with Crippen molar-refractivity contribution in [1.29, 1.82) is 0 Å². The van der Waals surface area contributed by atoms with Crippen molar-refractivity contribution in [3.8, 4) is 11.5 Å². The Kier molecular flexibility index (Phi) is 11.6. The van der Waals surface area contributed by atoms with Crippen molar-refractivity contribution in [2.24, 2.45) is 4.99 Å². The number of methoxy groups -OCH3 is 1. The summed E-state index contributed by atoms with van der Waals surface area (Å²) in [5, 5.41) is 6.62. The zero-order valence-corrected chi connectivity index (χ0v) is 19.5. The summed E-state index contributed by atoms with van der Waals surface area (Å²) in [6.07, 6.45) is -0.00202. The fourth-order valence-corrected chi connectivity index (χ4v) is 1.94. The number of hydrogen-bond acceptors (Lipinski definition) is 4. The average molecular weight is 478 g/mol. The van der Waals surface area contributed by atoms with E-state index in [0.717, 1.165) is 24.0 Å². The molecule has 0 aliphatic rings. The van der Waals surface area contributed by atoms with E-state index in [-0.39, 0.29) is 35.6 Å². The van der Waals surface area contributed by atoms with Gasteiger partial charge in [-0.1, -0.05) is 6.07 Å². The number of nitrogens with zero attached hydrogens (tertiary/aromatic N) is 2. The molecule has 150 valence electrons. The van der Waals surface area contributed by atoms with Crippen LogP contribution in [-0.4, -0.2) is 63.3 Å². The molecule has 7 heteroatoms. The van der Waals surface area contributed by atoms with Crippen LogP contribution < -0.4 is 20.1 Å². The van der Waals surface area contributed by atoms with Gasteiger partial charge in [-0.3, -0.25) is 4.99 Å². The van der Waals surface area contributed by atoms with Gasteiger partial charge in [0, 0.05) is 18.2 Å². The van der Waals surface area contributed by atoms with Crippen LogP contribution in [0.5, 0.6) is 11.5 Å². The van der Waals surface area contributed by atoms with E-state index in [2.05, 4.69) is 55.4 Å². The number of aliphatic imine (C=N–C) groups is 1. The van der Waals surface area contributed by atoms with Crippen LogP contribution in [0.2, 0.25) is 0 Å². The van der Waals surface area contributed by atoms with Crippen LogP contribution in [0.15, 0.2) is 29.3 Å². The largest absolute Gasteiger partial charge is 0.497 e. The summed E-state index contributed by atoms with van der Waals surface area (Å²) in [7, 11) is 5.79. The monoisotopic (exact) mass is 478 g/mol. The lowest BCUT2D eigenvalue weighted by Crippen LogP contribution is -2.45. The maximum Gasteiger partial charge on any atom is 0.191 e. The third-order valence-electron chi connectivity index (χ3n) is 4.11. The minimum absolute atomic E-state index is 0. The van der Waals surface area contributed by atoms with Gasteiger partial charge in [-0.15, -0.1) is 24.0 Å². The molecule has 6 nitrogen and oxygen atoms in total. The van der Waals surface area contributed by atoms with Gasteiger partial charge in [0.15, 0.2) is 5.96 Å². The predicted molar refractivity (Wildman–Crippen MR) is 120 cm³/mol. The number of rotatable bonds is 9. The minimum atomic E-state index is -0.00202. The van der Waals surface area contributed by atoms with Gasteiger partial charge in [0.25, 0.3) is 0 Å². The molecular weight excluding hydrogens is 443 g/mol. The fraction of sp³-hybridized carbons (Fsp3) is 0.632. The van der Waals surface area contributed by atoms with E-state index >= 15 is 0 Å². The molecule has 1 aromatic carbocycles. The molecule has 0 saturated carbocycles. The predicted octanol–water partition coefficient (Wildman–Crippen LogP) is 2.98. The number of likely N-dealkylation sites (N-methyl/N-ethyl adjacent to an activating group) is 1. The summed E-state index contributed by atoms with van der Waals surface area (Å²) in [5.41, 5.74) is 0.00502. The van der Waals surface area contributed by atoms with Gasteiger partial charge in [-0.2, -0.15) is 0 Å². The first-order chi connectivity index (χ1) is 11.8. The summed E-state index contributed by atoms with van der Waals surface area (Å²) in [5.74, 6) is 2.39. The summed E-state index contributed by atoms with van der Waals surface area (Å²) in [6.45, 7) is 10.6. The molecule has 0 saturated heterocycles. The molecule has 26 heavy (non-hydrogen) atoms. The Morgan fingerprint density at radius 3 is 2.46 bits per heavy atom. The van der Waals surface area contributed by atoms with E-state index in [1.165, 1.54) is 0 Å². The highest BCUT2D eigenvalue weighted by atomic mass is 127. The second kappa shape index (κ2) is 12.2. The summed E-state index contributed by atoms with van der Waals surface area (Å²) < 4.78 is 11.2. The number of nitrogens with one attached hydrogen (secondary N) is 2. The van der Waals surface area contributed by atoms with Crippen LogP contribution in [0.25, 0.3) is 0 Å². The Morgan fingerprint density at radius 1 is 1.23 bits per heavy atom. The zero-order chi connectivity index (χ0) is 18.9. The normalized spacial score (nSPS) is 13.0. The summed E-state index contributed by atoms with van der Waals surface area (Å²) in [6, 6.07) is 7.63. The Morgan fingerprint density at radius 2 is 1.88 bits per heavy atom. The van der Waals surface area contributed by atoms with E-state index in [4.69, 9.17) is 9.47 Å². The Labute approximate surface area is 175 Å². The summed E-state index contributed by atoms with van der Waals surface area (Å²) in [4.78, 5) is 6.87. The second-order valence-corrected chi connectivity index (χ2v) is 6.89. The molecule has 0 aliphatic heterocycles. The lowest BCUT2D eigenvalue weighted by Gasteiger charge is -2.31. The number of hydrogen-bond donors (Lipinski definition) is 2. The Balaban J connectivity index is 0.00000625. The zero-order valence-electron chi connectivity index (χ0n) is 17.1. The van der Waals surface area contributed by atoms with Gasteiger partial charge in [-0.25, -0.2) is 0 Å². The fourth-order valence-electron chi connectivity index (χ4n) is 1.94. The number of halogens is 1. The Hall–Kier alpha value is -1.22. The van der Waals surface area contributed by atoms with Crippen LogP contribution in [0.4, 0.5) is 0 Å². The second-order valence-electron chi connectivity index (χ2n) is 6.89. The molecule has 0 spiro atoms. The van der Waals surface area contributed by atoms with E-state index in [9.17, 15) is 0 Å². The van der Waals surface area contributed by atoms with Crippen molar-refractivity contribution in [3.05, 3.63) is 24.3 Å². The molecule has 1 rings (SSSR count). The van der Waals surface area contributed by atoms with E-state index in [1.54, 1.807) is 7.11 Å². The minimum Gasteiger partial charge on any atom is -0.497 e. The van der Waals surface area contributed by atoms with Crippen LogP contribution >= 0.6 is 24.0 Å². The van der Waals surface area contributed by atoms with Crippen LogP contribution in [0.1, 0.15) is 27.7 Å². The lowest BCUT2D eigenvalue weighted by molar-refractivity contribution is 0.204. The highest BCUT2D eigenvalue weighted by Gasteiger charge is 2.20. The van der Waals surface area contributed by atoms with Gasteiger partial charge >= 0.3 is 0 Å². The van der Waals surface area contributed by atoms with E-state index in [1.807, 2.05) is 31.2 Å². The first-order valence-corrected chi connectivity index (χ1v) is 8.78. The molecule has 0 fully saturated rings.